The number of aryl methyl sites for hydroxylation is 2. The highest BCUT2D eigenvalue weighted by Crippen LogP contribution is 2.34. The molecule has 1 spiro atoms. The van der Waals surface area contributed by atoms with Gasteiger partial charge in [0.2, 0.25) is 0 Å². The average molecular weight is 346 g/mol. The molecule has 2 aromatic heterocycles. The Labute approximate surface area is 147 Å². The van der Waals surface area contributed by atoms with Crippen molar-refractivity contribution >= 4 is 0 Å². The van der Waals surface area contributed by atoms with Crippen LogP contribution in [0.2, 0.25) is 0 Å². The van der Waals surface area contributed by atoms with E-state index in [0.29, 0.717) is 6.61 Å². The number of hydrogen-bond acceptors (Lipinski definition) is 6. The van der Waals surface area contributed by atoms with Gasteiger partial charge in [-0.25, -0.2) is 4.98 Å². The molecule has 2 saturated heterocycles. The first-order valence-corrected chi connectivity index (χ1v) is 8.98. The quantitative estimate of drug-likeness (QED) is 0.843. The van der Waals surface area contributed by atoms with Gasteiger partial charge in [0.1, 0.15) is 29.8 Å². The van der Waals surface area contributed by atoms with Crippen LogP contribution in [0.5, 0.6) is 0 Å². The Balaban J connectivity index is 1.41. The monoisotopic (exact) mass is 346 g/mol. The number of aromatic nitrogens is 3. The first-order valence-electron chi connectivity index (χ1n) is 8.98. The number of furan rings is 1. The third-order valence-electron chi connectivity index (χ3n) is 5.22. The fourth-order valence-electron chi connectivity index (χ4n) is 3.85. The van der Waals surface area contributed by atoms with Gasteiger partial charge >= 0.3 is 0 Å². The number of hydrogen-bond donors (Lipinski definition) is 0. The molecule has 7 heteroatoms. The maximum atomic E-state index is 6.45. The molecule has 2 aromatic rings. The van der Waals surface area contributed by atoms with Crippen molar-refractivity contribution in [2.24, 2.45) is 0 Å². The zero-order valence-corrected chi connectivity index (χ0v) is 15.0. The number of ether oxygens (including phenoxy) is 2. The summed E-state index contributed by atoms with van der Waals surface area (Å²) in [5, 5.41) is 4.18. The zero-order valence-electron chi connectivity index (χ0n) is 15.0. The lowest BCUT2D eigenvalue weighted by molar-refractivity contribution is -0.0907. The largest absolute Gasteiger partial charge is 0.465 e. The minimum atomic E-state index is -0.224. The molecule has 0 aliphatic carbocycles. The second kappa shape index (κ2) is 6.90. The lowest BCUT2D eigenvalue weighted by Crippen LogP contribution is -2.44. The molecule has 25 heavy (non-hydrogen) atoms. The Morgan fingerprint density at radius 2 is 2.28 bits per heavy atom. The van der Waals surface area contributed by atoms with Gasteiger partial charge in [-0.2, -0.15) is 5.10 Å². The molecule has 2 aliphatic heterocycles. The summed E-state index contributed by atoms with van der Waals surface area (Å²) in [5.74, 6) is 2.02. The van der Waals surface area contributed by atoms with Crippen LogP contribution in [0.4, 0.5) is 0 Å². The van der Waals surface area contributed by atoms with Gasteiger partial charge in [-0.05, 0) is 38.3 Å². The van der Waals surface area contributed by atoms with Crippen molar-refractivity contribution in [2.75, 3.05) is 26.3 Å². The minimum absolute atomic E-state index is 0.165. The van der Waals surface area contributed by atoms with Crippen molar-refractivity contribution < 1.29 is 13.9 Å². The fourth-order valence-corrected chi connectivity index (χ4v) is 3.85. The van der Waals surface area contributed by atoms with Crippen molar-refractivity contribution in [3.8, 4) is 0 Å². The van der Waals surface area contributed by atoms with Gasteiger partial charge in [-0.3, -0.25) is 9.58 Å². The topological polar surface area (TPSA) is 65.5 Å². The third-order valence-corrected chi connectivity index (χ3v) is 5.22. The second-order valence-electron chi connectivity index (χ2n) is 7.29. The van der Waals surface area contributed by atoms with E-state index in [1.165, 1.54) is 5.56 Å². The summed E-state index contributed by atoms with van der Waals surface area (Å²) in [4.78, 5) is 6.40. The Morgan fingerprint density at radius 1 is 1.36 bits per heavy atom. The highest BCUT2D eigenvalue weighted by Gasteiger charge is 2.43. The molecule has 4 rings (SSSR count). The SMILES string of the molecule is Cc1cc(CN2CCOC[C@]3(CC[C@H](Cn4cncn4)O3)C2)oc1C. The van der Waals surface area contributed by atoms with E-state index >= 15 is 0 Å². The van der Waals surface area contributed by atoms with E-state index in [0.717, 1.165) is 57.1 Å². The molecule has 0 bridgehead atoms. The van der Waals surface area contributed by atoms with Crippen molar-refractivity contribution in [1.82, 2.24) is 19.7 Å². The summed E-state index contributed by atoms with van der Waals surface area (Å²) in [6.45, 7) is 8.82. The summed E-state index contributed by atoms with van der Waals surface area (Å²) in [7, 11) is 0. The van der Waals surface area contributed by atoms with Gasteiger partial charge in [0.05, 0.1) is 32.4 Å². The molecule has 0 unspecified atom stereocenters. The van der Waals surface area contributed by atoms with Gasteiger partial charge in [0.25, 0.3) is 0 Å². The lowest BCUT2D eigenvalue weighted by Gasteiger charge is -2.31. The molecule has 2 atom stereocenters. The predicted octanol–water partition coefficient (Wildman–Crippen LogP) is 1.94. The Bertz CT molecular complexity index is 680. The van der Waals surface area contributed by atoms with Crippen LogP contribution in [0.3, 0.4) is 0 Å². The average Bonchev–Trinajstić information content (AvgIpc) is 3.25. The lowest BCUT2D eigenvalue weighted by atomic mass is 10.00. The minimum Gasteiger partial charge on any atom is -0.465 e. The van der Waals surface area contributed by atoms with Crippen molar-refractivity contribution in [3.63, 3.8) is 0 Å². The first kappa shape index (κ1) is 16.8. The number of nitrogens with zero attached hydrogens (tertiary/aromatic N) is 4. The summed E-state index contributed by atoms with van der Waals surface area (Å²) in [6.07, 6.45) is 5.51. The van der Waals surface area contributed by atoms with Crippen LogP contribution in [0.15, 0.2) is 23.1 Å². The zero-order chi connectivity index (χ0) is 17.3. The van der Waals surface area contributed by atoms with Gasteiger partial charge in [-0.1, -0.05) is 0 Å². The molecule has 0 radical (unpaired) electrons. The third kappa shape index (κ3) is 3.78. The van der Waals surface area contributed by atoms with Crippen LogP contribution in [0, 0.1) is 13.8 Å². The summed E-state index contributed by atoms with van der Waals surface area (Å²) in [5.41, 5.74) is 0.985. The van der Waals surface area contributed by atoms with Crippen LogP contribution < -0.4 is 0 Å². The van der Waals surface area contributed by atoms with E-state index in [1.54, 1.807) is 12.7 Å². The molecule has 2 aliphatic rings. The van der Waals surface area contributed by atoms with Gasteiger partial charge in [0, 0.05) is 13.1 Å². The fraction of sp³-hybridized carbons (Fsp3) is 0.667. The van der Waals surface area contributed by atoms with Gasteiger partial charge < -0.3 is 13.9 Å². The molecule has 0 saturated carbocycles. The molecule has 0 N–H and O–H groups in total. The Kier molecular flexibility index (Phi) is 4.62. The summed E-state index contributed by atoms with van der Waals surface area (Å²) >= 11 is 0. The van der Waals surface area contributed by atoms with E-state index in [-0.39, 0.29) is 11.7 Å². The molecule has 0 aromatic carbocycles. The Morgan fingerprint density at radius 3 is 3.04 bits per heavy atom. The van der Waals surface area contributed by atoms with Crippen LogP contribution in [0.25, 0.3) is 0 Å². The van der Waals surface area contributed by atoms with Crippen LogP contribution in [0.1, 0.15) is 29.9 Å². The van der Waals surface area contributed by atoms with Crippen LogP contribution in [-0.4, -0.2) is 57.7 Å². The van der Waals surface area contributed by atoms with Crippen LogP contribution in [-0.2, 0) is 22.6 Å². The van der Waals surface area contributed by atoms with E-state index in [9.17, 15) is 0 Å². The van der Waals surface area contributed by atoms with E-state index in [4.69, 9.17) is 13.9 Å². The highest BCUT2D eigenvalue weighted by atomic mass is 16.6. The normalized spacial score (nSPS) is 27.8. The van der Waals surface area contributed by atoms with Gasteiger partial charge in [-0.15, -0.1) is 0 Å². The maximum Gasteiger partial charge on any atom is 0.137 e. The molecule has 0 amide bonds. The van der Waals surface area contributed by atoms with E-state index in [1.807, 2.05) is 11.6 Å². The highest BCUT2D eigenvalue weighted by molar-refractivity contribution is 5.18. The smallest absolute Gasteiger partial charge is 0.137 e. The maximum absolute atomic E-state index is 6.45. The van der Waals surface area contributed by atoms with E-state index < -0.39 is 0 Å². The van der Waals surface area contributed by atoms with Crippen molar-refractivity contribution in [1.29, 1.82) is 0 Å². The van der Waals surface area contributed by atoms with Crippen molar-refractivity contribution in [3.05, 3.63) is 35.8 Å². The molecule has 136 valence electrons. The van der Waals surface area contributed by atoms with Gasteiger partial charge in [0.15, 0.2) is 0 Å². The van der Waals surface area contributed by atoms with E-state index in [2.05, 4.69) is 28.0 Å². The summed E-state index contributed by atoms with van der Waals surface area (Å²) < 4.78 is 20.0. The predicted molar refractivity (Wildman–Crippen MR) is 91.1 cm³/mol. The van der Waals surface area contributed by atoms with Crippen molar-refractivity contribution in [2.45, 2.75) is 51.5 Å². The first-order chi connectivity index (χ1) is 12.1. The molecular formula is C18H26N4O3. The molecule has 7 nitrogen and oxygen atoms in total. The Hall–Kier alpha value is -1.70. The standard InChI is InChI=1S/C18H26N4O3/c1-14-7-17(24-15(14)2)8-21-5-6-23-11-18(10-21)4-3-16(25-18)9-22-13-19-12-20-22/h7,12-13,16H,3-6,8-11H2,1-2H3/t16-,18+/m1/s1. The molecular weight excluding hydrogens is 320 g/mol. The molecule has 2 fully saturated rings. The molecule has 4 heterocycles. The number of rotatable bonds is 4. The summed E-state index contributed by atoms with van der Waals surface area (Å²) in [6, 6.07) is 2.14. The second-order valence-corrected chi connectivity index (χ2v) is 7.29. The van der Waals surface area contributed by atoms with Crippen LogP contribution >= 0.6 is 0 Å².